The number of ether oxygens (including phenoxy) is 1. The van der Waals surface area contributed by atoms with E-state index in [-0.39, 0.29) is 5.95 Å². The van der Waals surface area contributed by atoms with Crippen LogP contribution in [0.5, 0.6) is 5.75 Å². The summed E-state index contributed by atoms with van der Waals surface area (Å²) in [6, 6.07) is 6.23. The monoisotopic (exact) mass is 333 g/mol. The summed E-state index contributed by atoms with van der Waals surface area (Å²) in [7, 11) is 3.76. The normalized spacial score (nSPS) is 10.6. The highest BCUT2D eigenvalue weighted by Gasteiger charge is 2.06. The first kappa shape index (κ1) is 17.3. The molecule has 7 heteroatoms. The Hall–Kier alpha value is -2.02. The van der Waals surface area contributed by atoms with Gasteiger partial charge in [0.25, 0.3) is 0 Å². The molecule has 0 fully saturated rings. The third kappa shape index (κ3) is 5.59. The first-order chi connectivity index (χ1) is 10.9. The van der Waals surface area contributed by atoms with Gasteiger partial charge in [-0.1, -0.05) is 6.07 Å². The van der Waals surface area contributed by atoms with E-state index in [1.165, 1.54) is 11.1 Å². The van der Waals surface area contributed by atoms with Crippen LogP contribution in [0.15, 0.2) is 18.2 Å². The second kappa shape index (κ2) is 8.01. The van der Waals surface area contributed by atoms with Crippen molar-refractivity contribution in [2.45, 2.75) is 19.6 Å². The summed E-state index contributed by atoms with van der Waals surface area (Å²) in [5.41, 5.74) is 8.13. The van der Waals surface area contributed by atoms with E-state index in [9.17, 15) is 0 Å². The van der Waals surface area contributed by atoms with Crippen molar-refractivity contribution in [3.63, 3.8) is 0 Å². The van der Waals surface area contributed by atoms with Crippen molar-refractivity contribution in [2.75, 3.05) is 37.1 Å². The van der Waals surface area contributed by atoms with Gasteiger partial charge in [0.1, 0.15) is 11.6 Å². The number of aryl methyl sites for hydroxylation is 2. The molecule has 1 aromatic heterocycles. The molecular formula is C16H23N5OS. The molecule has 23 heavy (non-hydrogen) atoms. The Labute approximate surface area is 141 Å². The molecule has 124 valence electrons. The summed E-state index contributed by atoms with van der Waals surface area (Å²) in [5, 5.41) is 0. The maximum atomic E-state index is 5.78. The molecule has 0 saturated heterocycles. The van der Waals surface area contributed by atoms with Crippen LogP contribution in [0.4, 0.5) is 11.9 Å². The molecule has 0 unspecified atom stereocenters. The van der Waals surface area contributed by atoms with E-state index in [4.69, 9.17) is 10.5 Å². The van der Waals surface area contributed by atoms with E-state index in [0.717, 1.165) is 11.5 Å². The fraction of sp³-hybridized carbons (Fsp3) is 0.438. The molecule has 0 amide bonds. The van der Waals surface area contributed by atoms with Crippen molar-refractivity contribution in [3.05, 3.63) is 35.2 Å². The number of nitrogens with zero attached hydrogens (tertiary/aromatic N) is 4. The molecule has 2 rings (SSSR count). The van der Waals surface area contributed by atoms with Crippen molar-refractivity contribution in [2.24, 2.45) is 0 Å². The summed E-state index contributed by atoms with van der Waals surface area (Å²) in [6.45, 7) is 4.79. The van der Waals surface area contributed by atoms with Crippen LogP contribution in [-0.4, -0.2) is 41.4 Å². The third-order valence-corrected chi connectivity index (χ3v) is 3.93. The molecule has 2 aromatic rings. The summed E-state index contributed by atoms with van der Waals surface area (Å²) in [6.07, 6.45) is 0. The number of aromatic nitrogens is 3. The van der Waals surface area contributed by atoms with Crippen LogP contribution in [0.3, 0.4) is 0 Å². The van der Waals surface area contributed by atoms with Gasteiger partial charge < -0.3 is 15.4 Å². The van der Waals surface area contributed by atoms with Gasteiger partial charge in [0, 0.05) is 19.8 Å². The van der Waals surface area contributed by atoms with E-state index in [1.54, 1.807) is 11.8 Å². The summed E-state index contributed by atoms with van der Waals surface area (Å²) in [4.78, 5) is 14.4. The van der Waals surface area contributed by atoms with Gasteiger partial charge in [0.05, 0.1) is 12.4 Å². The molecule has 2 N–H and O–H groups in total. The van der Waals surface area contributed by atoms with Crippen LogP contribution in [0.2, 0.25) is 0 Å². The van der Waals surface area contributed by atoms with Crippen molar-refractivity contribution < 1.29 is 4.74 Å². The van der Waals surface area contributed by atoms with Crippen LogP contribution in [0.1, 0.15) is 17.0 Å². The van der Waals surface area contributed by atoms with Crippen LogP contribution >= 0.6 is 11.8 Å². The summed E-state index contributed by atoms with van der Waals surface area (Å²) < 4.78 is 5.78. The van der Waals surface area contributed by atoms with Crippen LogP contribution in [0, 0.1) is 13.8 Å². The van der Waals surface area contributed by atoms with Crippen molar-refractivity contribution in [3.8, 4) is 5.75 Å². The van der Waals surface area contributed by atoms with E-state index < -0.39 is 0 Å². The number of thioether (sulfide) groups is 1. The minimum Gasteiger partial charge on any atom is -0.493 e. The zero-order valence-electron chi connectivity index (χ0n) is 14.0. The fourth-order valence-corrected chi connectivity index (χ4v) is 2.74. The number of rotatable bonds is 7. The van der Waals surface area contributed by atoms with Crippen LogP contribution in [0.25, 0.3) is 0 Å². The Kier molecular flexibility index (Phi) is 6.04. The quantitative estimate of drug-likeness (QED) is 0.780. The van der Waals surface area contributed by atoms with Crippen molar-refractivity contribution >= 4 is 23.7 Å². The Morgan fingerprint density at radius 3 is 2.43 bits per heavy atom. The highest BCUT2D eigenvalue weighted by Crippen LogP contribution is 2.17. The average Bonchev–Trinajstić information content (AvgIpc) is 2.45. The standard InChI is InChI=1S/C16H23N5OS/c1-11-7-12(2)9-13(8-11)22-5-6-23-10-14-18-15(17)20-16(19-14)21(3)4/h7-9H,5-6,10H2,1-4H3,(H2,17,18,19,20). The van der Waals surface area contributed by atoms with Gasteiger partial charge >= 0.3 is 0 Å². The van der Waals surface area contributed by atoms with Gasteiger partial charge in [-0.15, -0.1) is 0 Å². The SMILES string of the molecule is Cc1cc(C)cc(OCCSCc2nc(N)nc(N(C)C)n2)c1. The summed E-state index contributed by atoms with van der Waals surface area (Å²) in [5.74, 6) is 3.99. The molecule has 0 atom stereocenters. The number of nitrogens with two attached hydrogens (primary N) is 1. The highest BCUT2D eigenvalue weighted by atomic mass is 32.2. The van der Waals surface area contributed by atoms with Gasteiger partial charge in [-0.25, -0.2) is 0 Å². The number of anilines is 2. The molecule has 0 aliphatic carbocycles. The van der Waals surface area contributed by atoms with Crippen LogP contribution < -0.4 is 15.4 Å². The third-order valence-electron chi connectivity index (χ3n) is 3.01. The lowest BCUT2D eigenvalue weighted by molar-refractivity contribution is 0.343. The fourth-order valence-electron chi connectivity index (χ4n) is 2.09. The van der Waals surface area contributed by atoms with Gasteiger partial charge in [-0.3, -0.25) is 0 Å². The van der Waals surface area contributed by atoms with E-state index in [1.807, 2.05) is 31.1 Å². The molecule has 6 nitrogen and oxygen atoms in total. The molecular weight excluding hydrogens is 310 g/mol. The largest absolute Gasteiger partial charge is 0.493 e. The van der Waals surface area contributed by atoms with Crippen LogP contribution in [-0.2, 0) is 5.75 Å². The lowest BCUT2D eigenvalue weighted by Gasteiger charge is -2.11. The lowest BCUT2D eigenvalue weighted by Crippen LogP contribution is -2.16. The minimum absolute atomic E-state index is 0.255. The Morgan fingerprint density at radius 2 is 1.78 bits per heavy atom. The van der Waals surface area contributed by atoms with Gasteiger partial charge in [0.15, 0.2) is 0 Å². The van der Waals surface area contributed by atoms with E-state index >= 15 is 0 Å². The number of nitrogen functional groups attached to an aromatic ring is 1. The van der Waals surface area contributed by atoms with E-state index in [2.05, 4.69) is 34.9 Å². The number of benzene rings is 1. The molecule has 1 aromatic carbocycles. The predicted octanol–water partition coefficient (Wildman–Crippen LogP) is 2.45. The second-order valence-electron chi connectivity index (χ2n) is 5.53. The Balaban J connectivity index is 1.79. The molecule has 0 aliphatic heterocycles. The molecule has 0 bridgehead atoms. The Bertz CT molecular complexity index is 643. The lowest BCUT2D eigenvalue weighted by atomic mass is 10.1. The topological polar surface area (TPSA) is 77.2 Å². The molecule has 1 heterocycles. The zero-order valence-corrected chi connectivity index (χ0v) is 14.9. The first-order valence-corrected chi connectivity index (χ1v) is 8.56. The second-order valence-corrected chi connectivity index (χ2v) is 6.63. The Morgan fingerprint density at radius 1 is 1.09 bits per heavy atom. The smallest absolute Gasteiger partial charge is 0.229 e. The number of hydrogen-bond acceptors (Lipinski definition) is 7. The van der Waals surface area contributed by atoms with Gasteiger partial charge in [0.2, 0.25) is 11.9 Å². The van der Waals surface area contributed by atoms with Crippen molar-refractivity contribution in [1.82, 2.24) is 15.0 Å². The average molecular weight is 333 g/mol. The van der Waals surface area contributed by atoms with Gasteiger partial charge in [-0.2, -0.15) is 26.7 Å². The van der Waals surface area contributed by atoms with Gasteiger partial charge in [-0.05, 0) is 37.1 Å². The maximum Gasteiger partial charge on any atom is 0.229 e. The first-order valence-electron chi connectivity index (χ1n) is 7.40. The minimum atomic E-state index is 0.255. The molecule has 0 saturated carbocycles. The van der Waals surface area contributed by atoms with E-state index in [0.29, 0.717) is 24.1 Å². The molecule has 0 radical (unpaired) electrons. The summed E-state index contributed by atoms with van der Waals surface area (Å²) >= 11 is 1.71. The maximum absolute atomic E-state index is 5.78. The molecule has 0 aliphatic rings. The highest BCUT2D eigenvalue weighted by molar-refractivity contribution is 7.98. The van der Waals surface area contributed by atoms with Crippen molar-refractivity contribution in [1.29, 1.82) is 0 Å². The molecule has 0 spiro atoms. The predicted molar refractivity (Wildman–Crippen MR) is 96.1 cm³/mol. The zero-order chi connectivity index (χ0) is 16.8. The number of hydrogen-bond donors (Lipinski definition) is 1.